The van der Waals surface area contributed by atoms with Gasteiger partial charge in [0.2, 0.25) is 0 Å². The zero-order valence-electron chi connectivity index (χ0n) is 8.11. The number of likely N-dealkylation sites (tertiary alicyclic amines) is 1. The Morgan fingerprint density at radius 2 is 2.00 bits per heavy atom. The molecule has 0 aromatic carbocycles. The molecule has 1 rings (SSSR count). The van der Waals surface area contributed by atoms with E-state index in [0.29, 0.717) is 0 Å². The van der Waals surface area contributed by atoms with Crippen LogP contribution in [0.5, 0.6) is 0 Å². The van der Waals surface area contributed by atoms with E-state index in [2.05, 4.69) is 0 Å². The number of hydrogen-bond acceptors (Lipinski definition) is 5. The highest BCUT2D eigenvalue weighted by molar-refractivity contribution is 7.72. The average molecular weight is 253 g/mol. The van der Waals surface area contributed by atoms with Crippen molar-refractivity contribution in [2.75, 3.05) is 12.5 Å². The van der Waals surface area contributed by atoms with E-state index in [-0.39, 0.29) is 13.0 Å². The quantitative estimate of drug-likeness (QED) is 0.537. The Labute approximate surface area is 92.4 Å². The lowest BCUT2D eigenvalue weighted by atomic mass is 10.2. The first-order valence-corrected chi connectivity index (χ1v) is 5.74. The zero-order chi connectivity index (χ0) is 12.3. The summed E-state index contributed by atoms with van der Waals surface area (Å²) in [7, 11) is -2.71. The highest BCUT2D eigenvalue weighted by Crippen LogP contribution is 2.20. The Morgan fingerprint density at radius 1 is 1.38 bits per heavy atom. The van der Waals surface area contributed by atoms with Crippen LogP contribution in [0.15, 0.2) is 0 Å². The summed E-state index contributed by atoms with van der Waals surface area (Å²) < 4.78 is 25.4. The number of nitrogens with zero attached hydrogens (tertiary/aromatic N) is 1. The second-order valence-corrected chi connectivity index (χ2v) is 4.20. The summed E-state index contributed by atoms with van der Waals surface area (Å²) in [5.74, 6) is -1.79. The maximum absolute atomic E-state index is 10.7. The number of thiol groups is 1. The lowest BCUT2D eigenvalue weighted by Crippen LogP contribution is -2.39. The van der Waals surface area contributed by atoms with Crippen molar-refractivity contribution in [3.63, 3.8) is 0 Å². The number of carboxylic acids is 1. The summed E-state index contributed by atoms with van der Waals surface area (Å²) >= 11 is 0. The summed E-state index contributed by atoms with van der Waals surface area (Å²) in [5.41, 5.74) is 0. The fraction of sp³-hybridized carbons (Fsp3) is 0.714. The SMILES string of the molecule is O=C(O)[C@@H]1C[C@@H](OC[SH](=O)=O)CN1C(=O)O. The van der Waals surface area contributed by atoms with Crippen LogP contribution in [0, 0.1) is 0 Å². The molecule has 0 aliphatic carbocycles. The van der Waals surface area contributed by atoms with Crippen molar-refractivity contribution < 1.29 is 33.0 Å². The van der Waals surface area contributed by atoms with Crippen molar-refractivity contribution >= 4 is 22.8 Å². The van der Waals surface area contributed by atoms with Crippen LogP contribution in [0.3, 0.4) is 0 Å². The monoisotopic (exact) mass is 253 g/mol. The van der Waals surface area contributed by atoms with Crippen LogP contribution in [-0.2, 0) is 20.2 Å². The summed E-state index contributed by atoms with van der Waals surface area (Å²) in [5, 5.41) is 17.5. The van der Waals surface area contributed by atoms with Gasteiger partial charge >= 0.3 is 12.1 Å². The van der Waals surface area contributed by atoms with Crippen LogP contribution >= 0.6 is 0 Å². The number of carbonyl (C=O) groups is 2. The summed E-state index contributed by atoms with van der Waals surface area (Å²) in [6.45, 7) is -0.129. The topological polar surface area (TPSA) is 121 Å². The molecule has 1 amide bonds. The van der Waals surface area contributed by atoms with Crippen molar-refractivity contribution in [1.82, 2.24) is 4.90 Å². The van der Waals surface area contributed by atoms with Crippen LogP contribution in [0.25, 0.3) is 0 Å². The lowest BCUT2D eigenvalue weighted by Gasteiger charge is -2.16. The molecule has 1 heterocycles. The Kier molecular flexibility index (Phi) is 4.07. The summed E-state index contributed by atoms with van der Waals surface area (Å²) in [6, 6.07) is -1.17. The highest BCUT2D eigenvalue weighted by Gasteiger charge is 2.40. The van der Waals surface area contributed by atoms with Gasteiger partial charge in [-0.1, -0.05) is 0 Å². The van der Waals surface area contributed by atoms with Gasteiger partial charge in [-0.15, -0.1) is 0 Å². The minimum atomic E-state index is -2.71. The Balaban J connectivity index is 2.61. The highest BCUT2D eigenvalue weighted by atomic mass is 32.2. The minimum Gasteiger partial charge on any atom is -0.480 e. The molecule has 1 aliphatic heterocycles. The molecular weight excluding hydrogens is 242 g/mol. The average Bonchev–Trinajstić information content (AvgIpc) is 2.58. The number of amides is 1. The van der Waals surface area contributed by atoms with Crippen LogP contribution < -0.4 is 0 Å². The molecule has 1 fully saturated rings. The Hall–Kier alpha value is -1.35. The van der Waals surface area contributed by atoms with E-state index in [4.69, 9.17) is 14.9 Å². The van der Waals surface area contributed by atoms with Gasteiger partial charge in [0.1, 0.15) is 12.0 Å². The molecule has 0 aromatic heterocycles. The molecule has 1 aliphatic rings. The Bertz CT molecular complexity index is 336. The van der Waals surface area contributed by atoms with E-state index in [1.54, 1.807) is 0 Å². The van der Waals surface area contributed by atoms with Gasteiger partial charge in [-0.2, -0.15) is 0 Å². The van der Waals surface area contributed by atoms with Gasteiger partial charge in [0, 0.05) is 6.42 Å². The second kappa shape index (κ2) is 5.12. The fourth-order valence-corrected chi connectivity index (χ4v) is 1.86. The third-order valence-electron chi connectivity index (χ3n) is 2.21. The molecule has 0 radical (unpaired) electrons. The van der Waals surface area contributed by atoms with Crippen molar-refractivity contribution in [3.8, 4) is 0 Å². The molecule has 2 atom stereocenters. The van der Waals surface area contributed by atoms with E-state index < -0.39 is 40.9 Å². The van der Waals surface area contributed by atoms with Crippen molar-refractivity contribution in [2.45, 2.75) is 18.6 Å². The van der Waals surface area contributed by atoms with Crippen molar-refractivity contribution in [2.24, 2.45) is 0 Å². The maximum Gasteiger partial charge on any atom is 0.408 e. The number of hydrogen-bond donors (Lipinski definition) is 3. The second-order valence-electron chi connectivity index (χ2n) is 3.28. The predicted molar refractivity (Wildman–Crippen MR) is 50.8 cm³/mol. The van der Waals surface area contributed by atoms with Crippen LogP contribution in [0.4, 0.5) is 4.79 Å². The van der Waals surface area contributed by atoms with Gasteiger partial charge in [-0.25, -0.2) is 18.0 Å². The minimum absolute atomic E-state index is 0.0369. The molecule has 16 heavy (non-hydrogen) atoms. The molecule has 0 bridgehead atoms. The molecule has 0 spiro atoms. The van der Waals surface area contributed by atoms with Crippen LogP contribution in [0.2, 0.25) is 0 Å². The normalized spacial score (nSPS) is 24.9. The number of aliphatic carboxylic acids is 1. The van der Waals surface area contributed by atoms with Gasteiger partial charge in [-0.05, 0) is 0 Å². The maximum atomic E-state index is 10.7. The third-order valence-corrected chi connectivity index (χ3v) is 2.57. The molecule has 2 N–H and O–H groups in total. The van der Waals surface area contributed by atoms with Gasteiger partial charge in [-0.3, -0.25) is 4.90 Å². The standard InChI is InChI=1S/C7H11NO7S/c9-6(10)5-1-4(15-3-16(13)14)2-8(5)7(11)12/h4-5,16H,1-3H2,(H,9,10)(H,11,12)/t4-,5+/m1/s1. The van der Waals surface area contributed by atoms with E-state index in [0.717, 1.165) is 4.90 Å². The fourth-order valence-electron chi connectivity index (χ4n) is 1.53. The van der Waals surface area contributed by atoms with Crippen molar-refractivity contribution in [3.05, 3.63) is 0 Å². The number of ether oxygens (including phenoxy) is 1. The molecule has 0 unspecified atom stereocenters. The molecule has 8 nitrogen and oxygen atoms in total. The van der Waals surface area contributed by atoms with E-state index in [1.165, 1.54) is 0 Å². The van der Waals surface area contributed by atoms with E-state index in [9.17, 15) is 18.0 Å². The predicted octanol–water partition coefficient (Wildman–Crippen LogP) is -1.22. The largest absolute Gasteiger partial charge is 0.480 e. The van der Waals surface area contributed by atoms with Gasteiger partial charge < -0.3 is 14.9 Å². The van der Waals surface area contributed by atoms with Gasteiger partial charge in [0.05, 0.1) is 12.6 Å². The van der Waals surface area contributed by atoms with Gasteiger partial charge in [0.25, 0.3) is 0 Å². The number of rotatable bonds is 4. The smallest absolute Gasteiger partial charge is 0.408 e. The first-order chi connectivity index (χ1) is 7.41. The molecule has 0 aromatic rings. The zero-order valence-corrected chi connectivity index (χ0v) is 9.00. The van der Waals surface area contributed by atoms with E-state index >= 15 is 0 Å². The molecule has 1 saturated heterocycles. The molecule has 0 saturated carbocycles. The van der Waals surface area contributed by atoms with Gasteiger partial charge in [0.15, 0.2) is 10.7 Å². The molecular formula is C7H11NO7S. The third kappa shape index (κ3) is 3.07. The number of carboxylic acid groups (broad SMARTS) is 2. The van der Waals surface area contributed by atoms with E-state index in [1.807, 2.05) is 0 Å². The molecule has 92 valence electrons. The van der Waals surface area contributed by atoms with Crippen molar-refractivity contribution in [1.29, 1.82) is 0 Å². The lowest BCUT2D eigenvalue weighted by molar-refractivity contribution is -0.141. The van der Waals surface area contributed by atoms with Crippen LogP contribution in [-0.4, -0.2) is 60.2 Å². The van der Waals surface area contributed by atoms with Crippen LogP contribution in [0.1, 0.15) is 6.42 Å². The molecule has 9 heteroatoms. The first kappa shape index (κ1) is 12.7. The summed E-state index contributed by atoms with van der Waals surface area (Å²) in [4.78, 5) is 22.1. The summed E-state index contributed by atoms with van der Waals surface area (Å²) in [6.07, 6.45) is -2.08. The Morgan fingerprint density at radius 3 is 2.38 bits per heavy atom. The first-order valence-electron chi connectivity index (χ1n) is 4.37.